The van der Waals surface area contributed by atoms with Crippen LogP contribution in [0.15, 0.2) is 17.1 Å². The topological polar surface area (TPSA) is 39.1 Å². The largest absolute Gasteiger partial charge is 0.318 e. The summed E-state index contributed by atoms with van der Waals surface area (Å²) in [5.74, 6) is -0.143. The maximum Gasteiger partial charge on any atom is 0.251 e. The van der Waals surface area contributed by atoms with E-state index in [0.717, 1.165) is 0 Å². The maximum absolute atomic E-state index is 11.0. The summed E-state index contributed by atoms with van der Waals surface area (Å²) in [6, 6.07) is 1.23. The molecule has 1 heterocycles. The molecule has 0 aliphatic rings. The Kier molecular flexibility index (Phi) is 2.33. The van der Waals surface area contributed by atoms with Crippen LogP contribution >= 0.6 is 11.6 Å². The first-order chi connectivity index (χ1) is 5.52. The van der Waals surface area contributed by atoms with Crippen LogP contribution in [-0.2, 0) is 7.05 Å². The fourth-order valence-corrected chi connectivity index (χ4v) is 1.14. The zero-order valence-corrected chi connectivity index (χ0v) is 7.55. The molecule has 4 heteroatoms. The van der Waals surface area contributed by atoms with Crippen LogP contribution < -0.4 is 5.56 Å². The summed E-state index contributed by atoms with van der Waals surface area (Å²) in [4.78, 5) is 21.9. The van der Waals surface area contributed by atoms with E-state index in [1.54, 1.807) is 7.05 Å². The molecule has 0 N–H and O–H groups in total. The third-order valence-electron chi connectivity index (χ3n) is 1.56. The van der Waals surface area contributed by atoms with Crippen molar-refractivity contribution in [1.29, 1.82) is 0 Å². The highest BCUT2D eigenvalue weighted by Gasteiger charge is 2.06. The van der Waals surface area contributed by atoms with Gasteiger partial charge in [0.05, 0.1) is 10.6 Å². The molecule has 0 aromatic carbocycles. The van der Waals surface area contributed by atoms with Gasteiger partial charge in [-0.15, -0.1) is 0 Å². The van der Waals surface area contributed by atoms with E-state index in [4.69, 9.17) is 11.6 Å². The highest BCUT2D eigenvalue weighted by molar-refractivity contribution is 6.33. The van der Waals surface area contributed by atoms with Crippen LogP contribution in [0.5, 0.6) is 0 Å². The average molecular weight is 186 g/mol. The van der Waals surface area contributed by atoms with Crippen molar-refractivity contribution < 1.29 is 4.79 Å². The Balaban J connectivity index is 3.43. The molecule has 0 saturated carbocycles. The van der Waals surface area contributed by atoms with E-state index < -0.39 is 0 Å². The van der Waals surface area contributed by atoms with E-state index in [1.807, 2.05) is 0 Å². The van der Waals surface area contributed by atoms with Crippen molar-refractivity contribution in [2.75, 3.05) is 0 Å². The van der Waals surface area contributed by atoms with Gasteiger partial charge in [-0.2, -0.15) is 0 Å². The molecule has 0 fully saturated rings. The summed E-state index contributed by atoms with van der Waals surface area (Å²) in [5.41, 5.74) is 0.156. The van der Waals surface area contributed by atoms with Gasteiger partial charge >= 0.3 is 0 Å². The second-order valence-electron chi connectivity index (χ2n) is 2.54. The van der Waals surface area contributed by atoms with E-state index in [-0.39, 0.29) is 16.4 Å². The fraction of sp³-hybridized carbons (Fsp3) is 0.250. The van der Waals surface area contributed by atoms with E-state index >= 15 is 0 Å². The normalized spacial score (nSPS) is 9.92. The molecule has 0 aliphatic carbocycles. The monoisotopic (exact) mass is 185 g/mol. The van der Waals surface area contributed by atoms with Crippen LogP contribution in [0.2, 0.25) is 5.02 Å². The molecular weight excluding hydrogens is 178 g/mol. The Hall–Kier alpha value is -1.09. The van der Waals surface area contributed by atoms with Gasteiger partial charge in [0.15, 0.2) is 5.78 Å². The van der Waals surface area contributed by atoms with Crippen LogP contribution in [0.3, 0.4) is 0 Å². The predicted octanol–water partition coefficient (Wildman–Crippen LogP) is 1.24. The molecule has 0 atom stereocenters. The van der Waals surface area contributed by atoms with E-state index in [1.165, 1.54) is 23.8 Å². The molecule has 64 valence electrons. The summed E-state index contributed by atoms with van der Waals surface area (Å²) in [5, 5.41) is 0.214. The number of aryl methyl sites for hydroxylation is 1. The lowest BCUT2D eigenvalue weighted by Crippen LogP contribution is -2.16. The van der Waals surface area contributed by atoms with Crippen LogP contribution in [-0.4, -0.2) is 10.4 Å². The minimum Gasteiger partial charge on any atom is -0.318 e. The smallest absolute Gasteiger partial charge is 0.251 e. The zero-order valence-electron chi connectivity index (χ0n) is 6.80. The zero-order chi connectivity index (χ0) is 9.30. The molecule has 0 saturated heterocycles. The van der Waals surface area contributed by atoms with Gasteiger partial charge in [-0.05, 0) is 6.92 Å². The number of carbonyl (C=O) groups is 1. The van der Waals surface area contributed by atoms with Gasteiger partial charge < -0.3 is 4.57 Å². The molecule has 1 aromatic heterocycles. The van der Waals surface area contributed by atoms with Gasteiger partial charge in [-0.1, -0.05) is 11.6 Å². The van der Waals surface area contributed by atoms with Crippen molar-refractivity contribution in [3.63, 3.8) is 0 Å². The number of Topliss-reactive ketones (excluding diaryl/α,β-unsaturated/α-hetero) is 1. The third-order valence-corrected chi connectivity index (χ3v) is 1.87. The minimum atomic E-state index is -0.218. The maximum atomic E-state index is 11.0. The van der Waals surface area contributed by atoms with Crippen molar-refractivity contribution in [3.05, 3.63) is 33.2 Å². The van der Waals surface area contributed by atoms with Gasteiger partial charge in [0, 0.05) is 19.3 Å². The Labute approximate surface area is 74.6 Å². The van der Waals surface area contributed by atoms with Crippen molar-refractivity contribution in [2.45, 2.75) is 6.92 Å². The SMILES string of the molecule is CC(=O)c1cn(C)c(=O)cc1Cl. The Morgan fingerprint density at radius 3 is 2.67 bits per heavy atom. The number of ketones is 1. The number of rotatable bonds is 1. The average Bonchev–Trinajstić information content (AvgIpc) is 1.96. The molecule has 0 spiro atoms. The summed E-state index contributed by atoms with van der Waals surface area (Å²) < 4.78 is 1.32. The molecule has 0 bridgehead atoms. The Morgan fingerprint density at radius 1 is 1.58 bits per heavy atom. The fourth-order valence-electron chi connectivity index (χ4n) is 0.866. The summed E-state index contributed by atoms with van der Waals surface area (Å²) in [6.07, 6.45) is 1.44. The van der Waals surface area contributed by atoms with E-state index in [0.29, 0.717) is 5.56 Å². The quantitative estimate of drug-likeness (QED) is 0.618. The predicted molar refractivity (Wildman–Crippen MR) is 46.7 cm³/mol. The number of pyridine rings is 1. The third kappa shape index (κ3) is 1.56. The molecular formula is C8H8ClNO2. The van der Waals surface area contributed by atoms with E-state index in [9.17, 15) is 9.59 Å². The molecule has 0 unspecified atom stereocenters. The first-order valence-corrected chi connectivity index (χ1v) is 3.77. The molecule has 3 nitrogen and oxygen atoms in total. The summed E-state index contributed by atoms with van der Waals surface area (Å²) in [7, 11) is 1.57. The molecule has 0 amide bonds. The van der Waals surface area contributed by atoms with Crippen molar-refractivity contribution >= 4 is 17.4 Å². The summed E-state index contributed by atoms with van der Waals surface area (Å²) in [6.45, 7) is 1.41. The standard InChI is InChI=1S/C8H8ClNO2/c1-5(11)6-4-10(2)8(12)3-7(6)9/h3-4H,1-2H3. The van der Waals surface area contributed by atoms with Gasteiger partial charge in [-0.25, -0.2) is 0 Å². The second-order valence-corrected chi connectivity index (χ2v) is 2.95. The lowest BCUT2D eigenvalue weighted by Gasteiger charge is -2.01. The first kappa shape index (κ1) is 9.00. The molecule has 0 aliphatic heterocycles. The Morgan fingerprint density at radius 2 is 2.17 bits per heavy atom. The van der Waals surface area contributed by atoms with Crippen molar-refractivity contribution in [3.8, 4) is 0 Å². The minimum absolute atomic E-state index is 0.143. The second kappa shape index (κ2) is 3.11. The van der Waals surface area contributed by atoms with Gasteiger partial charge in [-0.3, -0.25) is 9.59 Å². The summed E-state index contributed by atoms with van der Waals surface area (Å²) >= 11 is 5.66. The molecule has 1 rings (SSSR count). The van der Waals surface area contributed by atoms with Gasteiger partial charge in [0.25, 0.3) is 5.56 Å². The van der Waals surface area contributed by atoms with Gasteiger partial charge in [0.1, 0.15) is 0 Å². The number of carbonyl (C=O) groups excluding carboxylic acids is 1. The number of aromatic nitrogens is 1. The number of hydrogen-bond acceptors (Lipinski definition) is 2. The number of hydrogen-bond donors (Lipinski definition) is 0. The Bertz CT molecular complexity index is 381. The lowest BCUT2D eigenvalue weighted by atomic mass is 10.2. The molecule has 0 radical (unpaired) electrons. The van der Waals surface area contributed by atoms with Crippen LogP contribution in [0.25, 0.3) is 0 Å². The van der Waals surface area contributed by atoms with Crippen LogP contribution in [0.4, 0.5) is 0 Å². The van der Waals surface area contributed by atoms with E-state index in [2.05, 4.69) is 0 Å². The van der Waals surface area contributed by atoms with Crippen molar-refractivity contribution in [1.82, 2.24) is 4.57 Å². The van der Waals surface area contributed by atoms with Gasteiger partial charge in [0.2, 0.25) is 0 Å². The highest BCUT2D eigenvalue weighted by atomic mass is 35.5. The van der Waals surface area contributed by atoms with Crippen LogP contribution in [0, 0.1) is 0 Å². The highest BCUT2D eigenvalue weighted by Crippen LogP contribution is 2.12. The van der Waals surface area contributed by atoms with Crippen molar-refractivity contribution in [2.24, 2.45) is 7.05 Å². The number of nitrogens with zero attached hydrogens (tertiary/aromatic N) is 1. The number of halogens is 1. The molecule has 12 heavy (non-hydrogen) atoms. The molecule has 1 aromatic rings. The first-order valence-electron chi connectivity index (χ1n) is 3.39. The van der Waals surface area contributed by atoms with Crippen LogP contribution in [0.1, 0.15) is 17.3 Å². The lowest BCUT2D eigenvalue weighted by molar-refractivity contribution is 0.101.